The first-order valence-corrected chi connectivity index (χ1v) is 6.45. The number of halogens is 4. The van der Waals surface area contributed by atoms with Gasteiger partial charge in [0.1, 0.15) is 0 Å². The van der Waals surface area contributed by atoms with Crippen molar-refractivity contribution in [3.05, 3.63) is 45.2 Å². The zero-order chi connectivity index (χ0) is 13.3. The lowest BCUT2D eigenvalue weighted by Crippen LogP contribution is -2.06. The number of rotatable bonds is 2. The fraction of sp³-hybridized carbons (Fsp3) is 0.0833. The lowest BCUT2D eigenvalue weighted by Gasteiger charge is -2.12. The van der Waals surface area contributed by atoms with E-state index >= 15 is 0 Å². The number of carbonyl (C=O) groups is 1. The van der Waals surface area contributed by atoms with E-state index in [0.29, 0.717) is 20.5 Å². The second kappa shape index (κ2) is 4.85. The molecular weight excluding hydrogens is 329 g/mol. The maximum atomic E-state index is 12.9. The zero-order valence-electron chi connectivity index (χ0n) is 8.79. The van der Waals surface area contributed by atoms with Gasteiger partial charge in [-0.3, -0.25) is 4.79 Å². The Morgan fingerprint density at radius 2 is 1.89 bits per heavy atom. The van der Waals surface area contributed by atoms with E-state index in [9.17, 15) is 18.0 Å². The first kappa shape index (κ1) is 13.3. The van der Waals surface area contributed by atoms with Crippen LogP contribution in [0, 0.1) is 0 Å². The van der Waals surface area contributed by atoms with Crippen LogP contribution in [0.4, 0.5) is 13.2 Å². The monoisotopic (exact) mass is 334 g/mol. The molecule has 0 aliphatic rings. The average Bonchev–Trinajstić information content (AvgIpc) is 2.76. The summed E-state index contributed by atoms with van der Waals surface area (Å²) in [5.74, 6) is 0. The minimum absolute atomic E-state index is 0.0869. The summed E-state index contributed by atoms with van der Waals surface area (Å²) in [4.78, 5) is 11.4. The second-order valence-corrected chi connectivity index (χ2v) is 5.54. The molecule has 0 bridgehead atoms. The van der Waals surface area contributed by atoms with Gasteiger partial charge in [-0.05, 0) is 24.3 Å². The third-order valence-corrected chi connectivity index (χ3v) is 3.83. The highest BCUT2D eigenvalue weighted by molar-refractivity contribution is 9.10. The number of carbonyl (C=O) groups excluding carboxylic acids is 1. The largest absolute Gasteiger partial charge is 0.417 e. The van der Waals surface area contributed by atoms with Crippen LogP contribution in [-0.4, -0.2) is 6.29 Å². The smallest absolute Gasteiger partial charge is 0.297 e. The molecule has 2 aromatic rings. The van der Waals surface area contributed by atoms with Crippen molar-refractivity contribution in [2.24, 2.45) is 0 Å². The third kappa shape index (κ3) is 2.64. The molecule has 0 radical (unpaired) electrons. The molecule has 1 aromatic heterocycles. The van der Waals surface area contributed by atoms with Crippen molar-refractivity contribution >= 4 is 33.6 Å². The molecular formula is C12H6BrF3OS. The molecule has 0 N–H and O–H groups in total. The normalized spacial score (nSPS) is 11.6. The van der Waals surface area contributed by atoms with Crippen LogP contribution in [0.2, 0.25) is 0 Å². The van der Waals surface area contributed by atoms with E-state index in [1.54, 1.807) is 6.07 Å². The van der Waals surface area contributed by atoms with Crippen molar-refractivity contribution in [3.8, 4) is 10.4 Å². The minimum Gasteiger partial charge on any atom is -0.297 e. The van der Waals surface area contributed by atoms with Crippen molar-refractivity contribution in [2.75, 3.05) is 0 Å². The van der Waals surface area contributed by atoms with E-state index in [-0.39, 0.29) is 5.56 Å². The van der Waals surface area contributed by atoms with Gasteiger partial charge in [-0.2, -0.15) is 13.2 Å². The Bertz CT molecular complexity index is 589. The van der Waals surface area contributed by atoms with Gasteiger partial charge in [0.15, 0.2) is 6.29 Å². The summed E-state index contributed by atoms with van der Waals surface area (Å²) in [6.45, 7) is 0. The summed E-state index contributed by atoms with van der Waals surface area (Å²) in [6.07, 6.45) is -3.80. The number of hydrogen-bond donors (Lipinski definition) is 0. The van der Waals surface area contributed by atoms with Crippen LogP contribution < -0.4 is 0 Å². The van der Waals surface area contributed by atoms with Gasteiger partial charge in [0.25, 0.3) is 0 Å². The van der Waals surface area contributed by atoms with Gasteiger partial charge in [-0.15, -0.1) is 11.3 Å². The molecule has 1 nitrogen and oxygen atoms in total. The lowest BCUT2D eigenvalue weighted by atomic mass is 10.1. The van der Waals surface area contributed by atoms with Gasteiger partial charge >= 0.3 is 6.18 Å². The van der Waals surface area contributed by atoms with Gasteiger partial charge in [0.2, 0.25) is 0 Å². The number of benzene rings is 1. The standard InChI is InChI=1S/C12H6BrF3OS/c13-7-1-3-9(10(5-7)12(14,15)16)11-4-2-8(6-17)18-11/h1-6H. The van der Waals surface area contributed by atoms with E-state index in [1.807, 2.05) is 0 Å². The Morgan fingerprint density at radius 1 is 1.17 bits per heavy atom. The molecule has 6 heteroatoms. The molecule has 0 atom stereocenters. The Balaban J connectivity index is 2.60. The third-order valence-electron chi connectivity index (χ3n) is 2.30. The Labute approximate surface area is 113 Å². The molecule has 0 aliphatic heterocycles. The van der Waals surface area contributed by atoms with Crippen LogP contribution in [0.5, 0.6) is 0 Å². The minimum atomic E-state index is -4.43. The Kier molecular flexibility index (Phi) is 3.59. The van der Waals surface area contributed by atoms with Gasteiger partial charge in [-0.1, -0.05) is 22.0 Å². The maximum absolute atomic E-state index is 12.9. The van der Waals surface area contributed by atoms with E-state index < -0.39 is 11.7 Å². The highest BCUT2D eigenvalue weighted by Crippen LogP contribution is 2.40. The Morgan fingerprint density at radius 3 is 2.44 bits per heavy atom. The highest BCUT2D eigenvalue weighted by atomic mass is 79.9. The van der Waals surface area contributed by atoms with Gasteiger partial charge in [0, 0.05) is 14.9 Å². The molecule has 0 saturated carbocycles. The van der Waals surface area contributed by atoms with Crippen molar-refractivity contribution in [2.45, 2.75) is 6.18 Å². The molecule has 1 heterocycles. The molecule has 0 amide bonds. The summed E-state index contributed by atoms with van der Waals surface area (Å²) >= 11 is 4.07. The number of hydrogen-bond acceptors (Lipinski definition) is 2. The second-order valence-electron chi connectivity index (χ2n) is 3.51. The first-order chi connectivity index (χ1) is 8.41. The van der Waals surface area contributed by atoms with E-state index in [2.05, 4.69) is 15.9 Å². The number of thiophene rings is 1. The lowest BCUT2D eigenvalue weighted by molar-refractivity contribution is -0.137. The fourth-order valence-corrected chi connectivity index (χ4v) is 2.75. The topological polar surface area (TPSA) is 17.1 Å². The molecule has 0 spiro atoms. The van der Waals surface area contributed by atoms with E-state index in [4.69, 9.17) is 0 Å². The van der Waals surface area contributed by atoms with Crippen LogP contribution in [0.15, 0.2) is 34.8 Å². The van der Waals surface area contributed by atoms with Crippen LogP contribution in [0.25, 0.3) is 10.4 Å². The molecule has 0 fully saturated rings. The van der Waals surface area contributed by atoms with Gasteiger partial charge in [0.05, 0.1) is 10.4 Å². The Hall–Kier alpha value is -1.14. The molecule has 0 saturated heterocycles. The van der Waals surface area contributed by atoms with Crippen LogP contribution in [0.3, 0.4) is 0 Å². The summed E-state index contributed by atoms with van der Waals surface area (Å²) in [7, 11) is 0. The van der Waals surface area contributed by atoms with Crippen molar-refractivity contribution in [1.29, 1.82) is 0 Å². The summed E-state index contributed by atoms with van der Waals surface area (Å²) in [5.41, 5.74) is -0.625. The maximum Gasteiger partial charge on any atom is 0.417 e. The quantitative estimate of drug-likeness (QED) is 0.705. The zero-order valence-corrected chi connectivity index (χ0v) is 11.2. The molecule has 94 valence electrons. The van der Waals surface area contributed by atoms with Crippen LogP contribution in [0.1, 0.15) is 15.2 Å². The van der Waals surface area contributed by atoms with Gasteiger partial charge < -0.3 is 0 Å². The van der Waals surface area contributed by atoms with Crippen LogP contribution in [-0.2, 0) is 6.18 Å². The van der Waals surface area contributed by atoms with Crippen molar-refractivity contribution in [1.82, 2.24) is 0 Å². The van der Waals surface area contributed by atoms with Crippen molar-refractivity contribution in [3.63, 3.8) is 0 Å². The first-order valence-electron chi connectivity index (χ1n) is 4.84. The number of aldehydes is 1. The van der Waals surface area contributed by atoms with Crippen molar-refractivity contribution < 1.29 is 18.0 Å². The predicted molar refractivity (Wildman–Crippen MR) is 67.8 cm³/mol. The molecule has 2 rings (SSSR count). The number of alkyl halides is 3. The average molecular weight is 335 g/mol. The van der Waals surface area contributed by atoms with Gasteiger partial charge in [-0.25, -0.2) is 0 Å². The molecule has 1 aromatic carbocycles. The van der Waals surface area contributed by atoms with Crippen LogP contribution >= 0.6 is 27.3 Å². The SMILES string of the molecule is O=Cc1ccc(-c2ccc(Br)cc2C(F)(F)F)s1. The summed E-state index contributed by atoms with van der Waals surface area (Å²) in [5, 5.41) is 0. The highest BCUT2D eigenvalue weighted by Gasteiger charge is 2.34. The van der Waals surface area contributed by atoms with E-state index in [0.717, 1.165) is 17.4 Å². The summed E-state index contributed by atoms with van der Waals surface area (Å²) in [6, 6.07) is 7.01. The van der Waals surface area contributed by atoms with E-state index in [1.165, 1.54) is 18.2 Å². The predicted octanol–water partition coefficient (Wildman–Crippen LogP) is 5.01. The fourth-order valence-electron chi connectivity index (χ4n) is 1.53. The summed E-state index contributed by atoms with van der Waals surface area (Å²) < 4.78 is 39.1. The molecule has 0 aliphatic carbocycles. The molecule has 0 unspecified atom stereocenters. The molecule has 18 heavy (non-hydrogen) atoms.